The molecule has 6 heteroatoms. The van der Waals surface area contributed by atoms with Gasteiger partial charge in [0, 0.05) is 50.7 Å². The monoisotopic (exact) mass is 477 g/mol. The molecule has 0 aliphatic carbocycles. The van der Waals surface area contributed by atoms with E-state index in [-0.39, 0.29) is 7.72 Å². The van der Waals surface area contributed by atoms with E-state index < -0.39 is 0 Å². The highest BCUT2D eigenvalue weighted by atomic mass is 16.8. The van der Waals surface area contributed by atoms with Crippen LogP contribution in [0.4, 0.5) is 0 Å². The molecule has 2 atom stereocenters. The molecule has 3 aromatic rings. The van der Waals surface area contributed by atoms with Gasteiger partial charge in [-0.15, -0.1) is 0 Å². The van der Waals surface area contributed by atoms with Gasteiger partial charge in [0.1, 0.15) is 5.75 Å². The molecule has 2 unspecified atom stereocenters. The Morgan fingerprint density at radius 2 is 2.03 bits per heavy atom. The van der Waals surface area contributed by atoms with Gasteiger partial charge in [-0.2, -0.15) is 0 Å². The second kappa shape index (κ2) is 10.4. The molecule has 35 heavy (non-hydrogen) atoms. The van der Waals surface area contributed by atoms with E-state index in [4.69, 9.17) is 14.3 Å². The van der Waals surface area contributed by atoms with Crippen molar-refractivity contribution in [3.8, 4) is 5.75 Å². The molecule has 1 N–H and O–H groups in total. The zero-order valence-corrected chi connectivity index (χ0v) is 21.2. The van der Waals surface area contributed by atoms with E-state index in [2.05, 4.69) is 77.8 Å². The number of rotatable bonds is 8. The summed E-state index contributed by atoms with van der Waals surface area (Å²) in [5.41, 5.74) is 10.2. The average Bonchev–Trinajstić information content (AvgIpc) is 3.21. The zero-order valence-electron chi connectivity index (χ0n) is 21.2. The van der Waals surface area contributed by atoms with E-state index in [9.17, 15) is 0 Å². The maximum Gasteiger partial charge on any atom is 0.183 e. The number of methoxy groups -OCH3 is 1. The third-order valence-electron chi connectivity index (χ3n) is 7.36. The van der Waals surface area contributed by atoms with E-state index in [0.717, 1.165) is 69.1 Å². The number of ether oxygens (including phenoxy) is 2. The number of aromatic nitrogens is 1. The van der Waals surface area contributed by atoms with Crippen LogP contribution in [0, 0.1) is 0 Å². The summed E-state index contributed by atoms with van der Waals surface area (Å²) in [4.78, 5) is 8.22. The predicted molar refractivity (Wildman–Crippen MR) is 142 cm³/mol. The van der Waals surface area contributed by atoms with Crippen LogP contribution in [0.1, 0.15) is 62.8 Å². The largest absolute Gasteiger partial charge is 0.497 e. The first kappa shape index (κ1) is 23.9. The number of benzene rings is 2. The quantitative estimate of drug-likeness (QED) is 0.409. The van der Waals surface area contributed by atoms with Gasteiger partial charge in [0.2, 0.25) is 0 Å². The average molecular weight is 478 g/mol. The number of likely N-dealkylation sites (N-methyl/N-ethyl adjacent to an activating group) is 1. The van der Waals surface area contributed by atoms with Gasteiger partial charge in [0.25, 0.3) is 0 Å². The van der Waals surface area contributed by atoms with Gasteiger partial charge in [-0.25, -0.2) is 4.84 Å². The van der Waals surface area contributed by atoms with Crippen LogP contribution in [0.3, 0.4) is 0 Å². The summed E-state index contributed by atoms with van der Waals surface area (Å²) in [5.74, 6) is 1.40. The molecule has 6 nitrogen and oxygen atoms in total. The normalized spacial score (nSPS) is 20.5. The fourth-order valence-corrected chi connectivity index (χ4v) is 5.43. The molecule has 1 aromatic heterocycles. The maximum atomic E-state index is 5.68. The molecule has 2 aromatic carbocycles. The number of hydroxylamine groups is 1. The van der Waals surface area contributed by atoms with Crippen LogP contribution in [-0.4, -0.2) is 42.6 Å². The van der Waals surface area contributed by atoms with Crippen LogP contribution < -0.4 is 10.2 Å². The number of hydrogen-bond donors (Lipinski definition) is 1. The number of hydrogen-bond acceptors (Lipinski definition) is 5. The Hall–Kier alpha value is -2.80. The summed E-state index contributed by atoms with van der Waals surface area (Å²) in [5, 5.41) is 1.32. The predicted octanol–water partition coefficient (Wildman–Crippen LogP) is 5.90. The van der Waals surface area contributed by atoms with Gasteiger partial charge in [0.15, 0.2) is 6.29 Å². The Bertz CT molecular complexity index is 1180. The molecule has 0 spiro atoms. The van der Waals surface area contributed by atoms with Crippen molar-refractivity contribution in [3.63, 3.8) is 0 Å². The van der Waals surface area contributed by atoms with Crippen molar-refractivity contribution in [1.29, 1.82) is 0 Å². The molecule has 1 saturated heterocycles. The topological polar surface area (TPSA) is 47.9 Å². The first-order valence-corrected chi connectivity index (χ1v) is 12.8. The highest BCUT2D eigenvalue weighted by molar-refractivity contribution is 5.88. The molecule has 0 saturated carbocycles. The van der Waals surface area contributed by atoms with Crippen LogP contribution in [0.2, 0.25) is 0 Å². The van der Waals surface area contributed by atoms with Crippen molar-refractivity contribution in [2.24, 2.45) is 0 Å². The summed E-state index contributed by atoms with van der Waals surface area (Å²) < 4.78 is 13.7. The fraction of sp³-hybridized carbons (Fsp3) is 0.448. The molecular weight excluding hydrogens is 438 g/mol. The van der Waals surface area contributed by atoms with Gasteiger partial charge < -0.3 is 14.0 Å². The van der Waals surface area contributed by atoms with Gasteiger partial charge in [-0.3, -0.25) is 10.4 Å². The van der Waals surface area contributed by atoms with E-state index >= 15 is 0 Å². The Kier molecular flexibility index (Phi) is 7.14. The van der Waals surface area contributed by atoms with E-state index in [1.165, 1.54) is 27.7 Å². The number of fused-ring (bicyclic) bond motifs is 3. The minimum absolute atomic E-state index is 0. The van der Waals surface area contributed by atoms with E-state index in [1.807, 2.05) is 0 Å². The smallest absolute Gasteiger partial charge is 0.183 e. The first-order valence-electron chi connectivity index (χ1n) is 12.8. The minimum Gasteiger partial charge on any atom is -0.497 e. The first-order chi connectivity index (χ1) is 17.1. The molecule has 2 aliphatic rings. The van der Waals surface area contributed by atoms with Crippen molar-refractivity contribution in [2.45, 2.75) is 58.4 Å². The lowest BCUT2D eigenvalue weighted by atomic mass is 9.93. The Morgan fingerprint density at radius 3 is 2.74 bits per heavy atom. The molecule has 188 valence electrons. The lowest BCUT2D eigenvalue weighted by Gasteiger charge is -2.31. The second-order valence-electron chi connectivity index (χ2n) is 9.75. The number of nitrogens with one attached hydrogen (secondary N) is 1. The summed E-state index contributed by atoms with van der Waals surface area (Å²) in [7, 11) is 1.74. The maximum absolute atomic E-state index is 5.68. The molecule has 0 amide bonds. The summed E-state index contributed by atoms with van der Waals surface area (Å²) in [6.07, 6.45) is 2.95. The highest BCUT2D eigenvalue weighted by Gasteiger charge is 2.28. The standard InChI is InChI=1S/C29H37N3O3.H2/c1-5-31-17-20(2)29-25-16-24(33-4)13-14-26(25)32(27(29)19-31)18-22-9-11-23(12-10-22)21(3)30-35-28-8-6-7-15-34-28;/h9-14,16,20,28,30H,3,5-8,15,17-19H2,1-2,4H3;1H. The van der Waals surface area contributed by atoms with Crippen molar-refractivity contribution in [2.75, 3.05) is 26.8 Å². The second-order valence-corrected chi connectivity index (χ2v) is 9.75. The Morgan fingerprint density at radius 1 is 1.20 bits per heavy atom. The van der Waals surface area contributed by atoms with E-state index in [0.29, 0.717) is 5.92 Å². The van der Waals surface area contributed by atoms with Crippen LogP contribution in [-0.2, 0) is 22.7 Å². The molecule has 2 aliphatic heterocycles. The SMILES string of the molecule is C=C(NOC1CCCCO1)c1ccc(Cn2c3c(c4cc(OC)ccc42)C(C)CN(CC)C3)cc1.[HH]. The van der Waals surface area contributed by atoms with Crippen LogP contribution in [0.5, 0.6) is 5.75 Å². The van der Waals surface area contributed by atoms with Crippen LogP contribution in [0.15, 0.2) is 49.0 Å². The number of nitrogens with zero attached hydrogens (tertiary/aromatic N) is 2. The Labute approximate surface area is 209 Å². The molecule has 1 fully saturated rings. The molecular formula is C29H39N3O3. The van der Waals surface area contributed by atoms with Crippen molar-refractivity contribution in [1.82, 2.24) is 14.9 Å². The van der Waals surface area contributed by atoms with Crippen molar-refractivity contribution < 1.29 is 15.7 Å². The van der Waals surface area contributed by atoms with Crippen LogP contribution in [0.25, 0.3) is 16.6 Å². The summed E-state index contributed by atoms with van der Waals surface area (Å²) >= 11 is 0. The molecule has 3 heterocycles. The van der Waals surface area contributed by atoms with Gasteiger partial charge in [-0.1, -0.05) is 44.7 Å². The van der Waals surface area contributed by atoms with Crippen molar-refractivity contribution in [3.05, 3.63) is 71.4 Å². The fourth-order valence-electron chi connectivity index (χ4n) is 5.43. The third kappa shape index (κ3) is 4.96. The third-order valence-corrected chi connectivity index (χ3v) is 7.36. The van der Waals surface area contributed by atoms with Crippen molar-refractivity contribution >= 4 is 16.6 Å². The summed E-state index contributed by atoms with van der Waals surface area (Å²) in [6.45, 7) is 13.5. The highest BCUT2D eigenvalue weighted by Crippen LogP contribution is 2.38. The molecule has 0 radical (unpaired) electrons. The lowest BCUT2D eigenvalue weighted by molar-refractivity contribution is -0.184. The lowest BCUT2D eigenvalue weighted by Crippen LogP contribution is -2.33. The zero-order chi connectivity index (χ0) is 24.4. The summed E-state index contributed by atoms with van der Waals surface area (Å²) in [6, 6.07) is 15.1. The Balaban J connectivity index is 0.00000304. The van der Waals surface area contributed by atoms with Gasteiger partial charge in [-0.05, 0) is 60.2 Å². The van der Waals surface area contributed by atoms with Gasteiger partial charge in [0.05, 0.1) is 12.8 Å². The van der Waals surface area contributed by atoms with E-state index in [1.54, 1.807) is 7.11 Å². The molecule has 5 rings (SSSR count). The van der Waals surface area contributed by atoms with Crippen LogP contribution >= 0.6 is 0 Å². The minimum atomic E-state index is -0.198. The van der Waals surface area contributed by atoms with Gasteiger partial charge >= 0.3 is 0 Å². The molecule has 0 bridgehead atoms.